The Kier molecular flexibility index (Phi) is 2.92. The number of halogens is 1. The van der Waals surface area contributed by atoms with Gasteiger partial charge in [-0.05, 0) is 16.6 Å². The van der Waals surface area contributed by atoms with Gasteiger partial charge in [-0.15, -0.1) is 0 Å². The van der Waals surface area contributed by atoms with Crippen molar-refractivity contribution in [2.24, 2.45) is 0 Å². The van der Waals surface area contributed by atoms with Crippen LogP contribution in [0.25, 0.3) is 0 Å². The molecule has 0 saturated carbocycles. The second-order valence-corrected chi connectivity index (χ2v) is 3.75. The SMILES string of the molecule is Nc1ccc(Cn2cc(Cl)c([N+](=O)[O-])n2)cn1. The first-order valence-corrected chi connectivity index (χ1v) is 5.02. The lowest BCUT2D eigenvalue weighted by molar-refractivity contribution is -0.389. The van der Waals surface area contributed by atoms with Crippen molar-refractivity contribution in [2.45, 2.75) is 6.54 Å². The summed E-state index contributed by atoms with van der Waals surface area (Å²) in [6.45, 7) is 0.348. The van der Waals surface area contributed by atoms with E-state index in [0.29, 0.717) is 12.4 Å². The maximum absolute atomic E-state index is 10.5. The lowest BCUT2D eigenvalue weighted by Crippen LogP contribution is -2.02. The Balaban J connectivity index is 2.22. The number of pyridine rings is 1. The molecule has 0 fully saturated rings. The van der Waals surface area contributed by atoms with Crippen LogP contribution in [0.1, 0.15) is 5.56 Å². The van der Waals surface area contributed by atoms with Crippen LogP contribution in [0.2, 0.25) is 5.02 Å². The summed E-state index contributed by atoms with van der Waals surface area (Å²) < 4.78 is 1.38. The quantitative estimate of drug-likeness (QED) is 0.659. The highest BCUT2D eigenvalue weighted by atomic mass is 35.5. The maximum atomic E-state index is 10.5. The van der Waals surface area contributed by atoms with Crippen LogP contribution in [0.3, 0.4) is 0 Å². The van der Waals surface area contributed by atoms with Crippen LogP contribution in [0.4, 0.5) is 11.6 Å². The number of hydrogen-bond acceptors (Lipinski definition) is 5. The number of nitrogen functional groups attached to an aromatic ring is 1. The van der Waals surface area contributed by atoms with Gasteiger partial charge in [0.05, 0.1) is 17.8 Å². The van der Waals surface area contributed by atoms with Gasteiger partial charge in [0.2, 0.25) is 0 Å². The number of anilines is 1. The number of nitrogens with zero attached hydrogens (tertiary/aromatic N) is 4. The van der Waals surface area contributed by atoms with Crippen molar-refractivity contribution in [3.05, 3.63) is 45.2 Å². The molecule has 0 atom stereocenters. The predicted octanol–water partition coefficient (Wildman–Crippen LogP) is 1.47. The Morgan fingerprint density at radius 1 is 1.53 bits per heavy atom. The highest BCUT2D eigenvalue weighted by Gasteiger charge is 2.18. The van der Waals surface area contributed by atoms with Gasteiger partial charge in [0.15, 0.2) is 5.02 Å². The maximum Gasteiger partial charge on any atom is 0.408 e. The first kappa shape index (κ1) is 11.3. The number of nitrogens with two attached hydrogens (primary N) is 1. The number of hydrogen-bond donors (Lipinski definition) is 1. The zero-order valence-electron chi connectivity index (χ0n) is 8.58. The summed E-state index contributed by atoms with van der Waals surface area (Å²) in [5.74, 6) is 0.0632. The largest absolute Gasteiger partial charge is 0.408 e. The number of aromatic nitrogens is 3. The molecule has 0 aromatic carbocycles. The summed E-state index contributed by atoms with van der Waals surface area (Å²) in [6.07, 6.45) is 2.98. The van der Waals surface area contributed by atoms with Crippen molar-refractivity contribution in [1.82, 2.24) is 14.8 Å². The van der Waals surface area contributed by atoms with Crippen LogP contribution in [0, 0.1) is 10.1 Å². The molecule has 7 nitrogen and oxygen atoms in total. The van der Waals surface area contributed by atoms with Crippen molar-refractivity contribution in [3.8, 4) is 0 Å². The Morgan fingerprint density at radius 2 is 2.29 bits per heavy atom. The number of rotatable bonds is 3. The van der Waals surface area contributed by atoms with E-state index in [1.165, 1.54) is 10.9 Å². The van der Waals surface area contributed by atoms with E-state index >= 15 is 0 Å². The van der Waals surface area contributed by atoms with Gasteiger partial charge in [-0.1, -0.05) is 17.7 Å². The highest BCUT2D eigenvalue weighted by molar-refractivity contribution is 6.32. The predicted molar refractivity (Wildman–Crippen MR) is 61.6 cm³/mol. The van der Waals surface area contributed by atoms with Gasteiger partial charge in [0.25, 0.3) is 0 Å². The first-order valence-electron chi connectivity index (χ1n) is 4.64. The zero-order valence-corrected chi connectivity index (χ0v) is 9.33. The molecule has 0 amide bonds. The van der Waals surface area contributed by atoms with E-state index < -0.39 is 4.92 Å². The van der Waals surface area contributed by atoms with Gasteiger partial charge in [-0.3, -0.25) is 0 Å². The monoisotopic (exact) mass is 253 g/mol. The average Bonchev–Trinajstić information content (AvgIpc) is 2.63. The molecule has 0 saturated heterocycles. The van der Waals surface area contributed by atoms with Crippen molar-refractivity contribution in [1.29, 1.82) is 0 Å². The Bertz CT molecular complexity index is 551. The standard InChI is InChI=1S/C9H8ClN5O2/c10-7-5-14(13-9(7)15(16)17)4-6-1-2-8(11)12-3-6/h1-3,5H,4H2,(H2,11,12). The summed E-state index contributed by atoms with van der Waals surface area (Å²) >= 11 is 5.67. The molecule has 0 aliphatic rings. The molecule has 0 aliphatic heterocycles. The minimum Gasteiger partial charge on any atom is -0.384 e. The van der Waals surface area contributed by atoms with Crippen LogP contribution < -0.4 is 5.73 Å². The van der Waals surface area contributed by atoms with Gasteiger partial charge in [0, 0.05) is 6.20 Å². The van der Waals surface area contributed by atoms with Crippen molar-refractivity contribution >= 4 is 23.2 Å². The average molecular weight is 254 g/mol. The second kappa shape index (κ2) is 4.38. The zero-order chi connectivity index (χ0) is 12.4. The topological polar surface area (TPSA) is 99.9 Å². The molecule has 2 aromatic rings. The van der Waals surface area contributed by atoms with Crippen molar-refractivity contribution < 1.29 is 4.92 Å². The fraction of sp³-hybridized carbons (Fsp3) is 0.111. The molecule has 2 aromatic heterocycles. The second-order valence-electron chi connectivity index (χ2n) is 3.35. The van der Waals surface area contributed by atoms with E-state index in [0.717, 1.165) is 5.56 Å². The third-order valence-corrected chi connectivity index (χ3v) is 2.33. The lowest BCUT2D eigenvalue weighted by atomic mass is 10.3. The third kappa shape index (κ3) is 2.51. The normalized spacial score (nSPS) is 10.4. The summed E-state index contributed by atoms with van der Waals surface area (Å²) in [4.78, 5) is 13.8. The van der Waals surface area contributed by atoms with Gasteiger partial charge >= 0.3 is 5.82 Å². The van der Waals surface area contributed by atoms with Gasteiger partial charge < -0.3 is 15.8 Å². The minimum atomic E-state index is -0.625. The molecular formula is C9H8ClN5O2. The molecule has 0 spiro atoms. The van der Waals surface area contributed by atoms with E-state index in [1.54, 1.807) is 18.3 Å². The molecule has 0 radical (unpaired) electrons. The lowest BCUT2D eigenvalue weighted by Gasteiger charge is -1.97. The van der Waals surface area contributed by atoms with Gasteiger partial charge in [0.1, 0.15) is 5.82 Å². The molecule has 0 bridgehead atoms. The smallest absolute Gasteiger partial charge is 0.384 e. The van der Waals surface area contributed by atoms with Crippen LogP contribution >= 0.6 is 11.6 Å². The van der Waals surface area contributed by atoms with E-state index in [2.05, 4.69) is 10.1 Å². The van der Waals surface area contributed by atoms with Crippen LogP contribution in [0.15, 0.2) is 24.5 Å². The molecule has 2 heterocycles. The van der Waals surface area contributed by atoms with E-state index in [4.69, 9.17) is 17.3 Å². The van der Waals surface area contributed by atoms with Crippen molar-refractivity contribution in [2.75, 3.05) is 5.73 Å². The van der Waals surface area contributed by atoms with Crippen LogP contribution in [-0.2, 0) is 6.54 Å². The summed E-state index contributed by atoms with van der Waals surface area (Å²) in [6, 6.07) is 3.42. The van der Waals surface area contributed by atoms with Crippen LogP contribution in [0.5, 0.6) is 0 Å². The van der Waals surface area contributed by atoms with E-state index in [1.807, 2.05) is 0 Å². The molecule has 2 rings (SSSR count). The minimum absolute atomic E-state index is 0.0124. The summed E-state index contributed by atoms with van der Waals surface area (Å²) in [7, 11) is 0. The molecule has 0 aliphatic carbocycles. The summed E-state index contributed by atoms with van der Waals surface area (Å²) in [5.41, 5.74) is 6.27. The first-order chi connectivity index (χ1) is 8.06. The molecule has 88 valence electrons. The fourth-order valence-corrected chi connectivity index (χ4v) is 1.53. The molecule has 17 heavy (non-hydrogen) atoms. The fourth-order valence-electron chi connectivity index (χ4n) is 1.31. The highest BCUT2D eigenvalue weighted by Crippen LogP contribution is 2.21. The molecule has 8 heteroatoms. The molecular weight excluding hydrogens is 246 g/mol. The van der Waals surface area contributed by atoms with Crippen LogP contribution in [-0.4, -0.2) is 19.7 Å². The number of nitro groups is 1. The molecule has 2 N–H and O–H groups in total. The van der Waals surface area contributed by atoms with E-state index in [-0.39, 0.29) is 10.8 Å². The Labute approximate surface area is 101 Å². The summed E-state index contributed by atoms with van der Waals surface area (Å²) in [5, 5.41) is 14.3. The molecule has 0 unspecified atom stereocenters. The van der Waals surface area contributed by atoms with E-state index in [9.17, 15) is 10.1 Å². The Hall–Kier alpha value is -2.15. The van der Waals surface area contributed by atoms with Gasteiger partial charge in [-0.2, -0.15) is 4.68 Å². The van der Waals surface area contributed by atoms with Crippen molar-refractivity contribution in [3.63, 3.8) is 0 Å². The van der Waals surface area contributed by atoms with Gasteiger partial charge in [-0.25, -0.2) is 4.98 Å². The third-order valence-electron chi connectivity index (χ3n) is 2.06. The Morgan fingerprint density at radius 3 is 2.82 bits per heavy atom.